The van der Waals surface area contributed by atoms with E-state index in [1.807, 2.05) is 0 Å². The summed E-state index contributed by atoms with van der Waals surface area (Å²) in [7, 11) is 0. The van der Waals surface area contributed by atoms with Gasteiger partial charge in [-0.1, -0.05) is 0 Å². The van der Waals surface area contributed by atoms with Crippen LogP contribution < -0.4 is 5.73 Å². The van der Waals surface area contributed by atoms with E-state index in [4.69, 9.17) is 5.73 Å². The number of hydrogen-bond donors (Lipinski definition) is 1. The van der Waals surface area contributed by atoms with E-state index in [0.717, 1.165) is 0 Å². The van der Waals surface area contributed by atoms with Crippen molar-refractivity contribution in [1.82, 2.24) is 9.97 Å². The van der Waals surface area contributed by atoms with E-state index >= 15 is 0 Å². The van der Waals surface area contributed by atoms with E-state index in [0.29, 0.717) is 5.56 Å². The smallest absolute Gasteiger partial charge is 0.384 e. The zero-order valence-electron chi connectivity index (χ0n) is 8.57. The molecule has 2 N–H and O–H groups in total. The number of nitrogen functional groups attached to an aromatic ring is 1. The Morgan fingerprint density at radius 3 is 2.24 bits per heavy atom. The third-order valence-electron chi connectivity index (χ3n) is 2.18. The van der Waals surface area contributed by atoms with Crippen LogP contribution in [0.1, 0.15) is 5.69 Å². The van der Waals surface area contributed by atoms with Crippen molar-refractivity contribution in [3.05, 3.63) is 42.4 Å². The van der Waals surface area contributed by atoms with Crippen LogP contribution in [0.5, 0.6) is 0 Å². The second-order valence-corrected chi connectivity index (χ2v) is 3.37. The van der Waals surface area contributed by atoms with E-state index in [1.54, 1.807) is 0 Å². The fourth-order valence-electron chi connectivity index (χ4n) is 1.45. The first-order valence-corrected chi connectivity index (χ1v) is 4.72. The van der Waals surface area contributed by atoms with Crippen molar-refractivity contribution in [2.45, 2.75) is 6.18 Å². The van der Waals surface area contributed by atoms with Crippen molar-refractivity contribution in [3.8, 4) is 11.1 Å². The number of anilines is 1. The van der Waals surface area contributed by atoms with Gasteiger partial charge in [0.25, 0.3) is 0 Å². The quantitative estimate of drug-likeness (QED) is 0.832. The van der Waals surface area contributed by atoms with Crippen LogP contribution in [0, 0.1) is 0 Å². The molecule has 0 fully saturated rings. The van der Waals surface area contributed by atoms with Gasteiger partial charge in [-0.15, -0.1) is 0 Å². The maximum atomic E-state index is 12.8. The van der Waals surface area contributed by atoms with Gasteiger partial charge in [0, 0.05) is 18.0 Å². The van der Waals surface area contributed by atoms with Crippen molar-refractivity contribution in [1.29, 1.82) is 0 Å². The molecule has 0 spiro atoms. The lowest BCUT2D eigenvalue weighted by Gasteiger charge is -2.12. The molecule has 0 saturated heterocycles. The molecule has 0 aliphatic rings. The minimum absolute atomic E-state index is 0.00546. The van der Waals surface area contributed by atoms with Gasteiger partial charge >= 0.3 is 6.18 Å². The predicted octanol–water partition coefficient (Wildman–Crippen LogP) is 2.74. The molecule has 0 aromatic carbocycles. The van der Waals surface area contributed by atoms with Gasteiger partial charge in [-0.3, -0.25) is 4.98 Å². The summed E-state index contributed by atoms with van der Waals surface area (Å²) in [4.78, 5) is 7.11. The zero-order chi connectivity index (χ0) is 12.5. The first-order valence-electron chi connectivity index (χ1n) is 4.72. The number of rotatable bonds is 1. The van der Waals surface area contributed by atoms with Crippen LogP contribution >= 0.6 is 0 Å². The molecule has 2 aromatic heterocycles. The fourth-order valence-corrected chi connectivity index (χ4v) is 1.45. The van der Waals surface area contributed by atoms with E-state index in [2.05, 4.69) is 9.97 Å². The number of alkyl halides is 3. The van der Waals surface area contributed by atoms with Crippen LogP contribution in [-0.2, 0) is 6.18 Å². The van der Waals surface area contributed by atoms with Crippen molar-refractivity contribution in [3.63, 3.8) is 0 Å². The highest BCUT2D eigenvalue weighted by atomic mass is 19.4. The van der Waals surface area contributed by atoms with Gasteiger partial charge < -0.3 is 5.73 Å². The van der Waals surface area contributed by atoms with E-state index < -0.39 is 11.9 Å². The van der Waals surface area contributed by atoms with E-state index in [1.165, 1.54) is 36.7 Å². The molecule has 0 radical (unpaired) electrons. The molecule has 0 aliphatic carbocycles. The van der Waals surface area contributed by atoms with Crippen LogP contribution in [0.4, 0.5) is 19.0 Å². The Hall–Kier alpha value is -2.11. The molecule has 2 heterocycles. The minimum atomic E-state index is -4.53. The fraction of sp³-hybridized carbons (Fsp3) is 0.0909. The number of aromatic nitrogens is 2. The van der Waals surface area contributed by atoms with Gasteiger partial charge in [-0.2, -0.15) is 13.2 Å². The highest BCUT2D eigenvalue weighted by Gasteiger charge is 2.35. The standard InChI is InChI=1S/C11H8F3N3/c12-11(13,14)10-8(1-2-9(15)17-10)7-3-5-16-6-4-7/h1-6H,(H2,15,17). The third-order valence-corrected chi connectivity index (χ3v) is 2.18. The number of pyridine rings is 2. The normalized spacial score (nSPS) is 11.5. The summed E-state index contributed by atoms with van der Waals surface area (Å²) in [5, 5.41) is 0. The van der Waals surface area contributed by atoms with Gasteiger partial charge in [-0.25, -0.2) is 4.98 Å². The lowest BCUT2D eigenvalue weighted by molar-refractivity contribution is -0.140. The van der Waals surface area contributed by atoms with Crippen LogP contribution in [0.3, 0.4) is 0 Å². The molecule has 0 amide bonds. The minimum Gasteiger partial charge on any atom is -0.384 e. The largest absolute Gasteiger partial charge is 0.434 e. The molecule has 0 unspecified atom stereocenters. The molecule has 0 atom stereocenters. The van der Waals surface area contributed by atoms with Crippen LogP contribution in [-0.4, -0.2) is 9.97 Å². The van der Waals surface area contributed by atoms with Crippen molar-refractivity contribution >= 4 is 5.82 Å². The molecule has 17 heavy (non-hydrogen) atoms. The van der Waals surface area contributed by atoms with Gasteiger partial charge in [0.2, 0.25) is 0 Å². The molecule has 2 aromatic rings. The molecule has 2 rings (SSSR count). The molecule has 0 saturated carbocycles. The maximum absolute atomic E-state index is 12.8. The number of hydrogen-bond acceptors (Lipinski definition) is 3. The van der Waals surface area contributed by atoms with Crippen molar-refractivity contribution in [2.24, 2.45) is 0 Å². The van der Waals surface area contributed by atoms with Crippen LogP contribution in [0.25, 0.3) is 11.1 Å². The lowest BCUT2D eigenvalue weighted by Crippen LogP contribution is -2.11. The van der Waals surface area contributed by atoms with Crippen molar-refractivity contribution < 1.29 is 13.2 Å². The average molecular weight is 239 g/mol. The Balaban J connectivity index is 2.63. The Kier molecular flexibility index (Phi) is 2.71. The molecule has 3 nitrogen and oxygen atoms in total. The van der Waals surface area contributed by atoms with Crippen LogP contribution in [0.2, 0.25) is 0 Å². The topological polar surface area (TPSA) is 51.8 Å². The van der Waals surface area contributed by atoms with E-state index in [-0.39, 0.29) is 11.4 Å². The maximum Gasteiger partial charge on any atom is 0.434 e. The Bertz CT molecular complexity index is 523. The Morgan fingerprint density at radius 1 is 1.00 bits per heavy atom. The summed E-state index contributed by atoms with van der Waals surface area (Å²) >= 11 is 0. The van der Waals surface area contributed by atoms with Gasteiger partial charge in [0.1, 0.15) is 5.82 Å². The second-order valence-electron chi connectivity index (χ2n) is 3.37. The SMILES string of the molecule is Nc1ccc(-c2ccncc2)c(C(F)(F)F)n1. The second kappa shape index (κ2) is 4.04. The molecule has 88 valence electrons. The monoisotopic (exact) mass is 239 g/mol. The average Bonchev–Trinajstić information content (AvgIpc) is 2.29. The van der Waals surface area contributed by atoms with E-state index in [9.17, 15) is 13.2 Å². The van der Waals surface area contributed by atoms with Crippen LogP contribution in [0.15, 0.2) is 36.7 Å². The number of nitrogens with zero attached hydrogens (tertiary/aromatic N) is 2. The van der Waals surface area contributed by atoms with Gasteiger partial charge in [0.15, 0.2) is 5.69 Å². The van der Waals surface area contributed by atoms with Gasteiger partial charge in [0.05, 0.1) is 0 Å². The summed E-state index contributed by atoms with van der Waals surface area (Å²) in [6.45, 7) is 0. The Morgan fingerprint density at radius 2 is 1.65 bits per heavy atom. The first kappa shape index (κ1) is 11.4. The zero-order valence-corrected chi connectivity index (χ0v) is 8.57. The Labute approximate surface area is 95.1 Å². The number of nitrogens with two attached hydrogens (primary N) is 1. The molecule has 0 aliphatic heterocycles. The molecular weight excluding hydrogens is 231 g/mol. The lowest BCUT2D eigenvalue weighted by atomic mass is 10.1. The molecule has 0 bridgehead atoms. The summed E-state index contributed by atoms with van der Waals surface area (Å²) in [5.41, 5.74) is 4.69. The first-order chi connectivity index (χ1) is 7.98. The predicted molar refractivity (Wildman–Crippen MR) is 56.9 cm³/mol. The highest BCUT2D eigenvalue weighted by molar-refractivity contribution is 5.67. The summed E-state index contributed by atoms with van der Waals surface area (Å²) in [5.74, 6) is -0.157. The third kappa shape index (κ3) is 2.35. The van der Waals surface area contributed by atoms with Crippen molar-refractivity contribution in [2.75, 3.05) is 5.73 Å². The van der Waals surface area contributed by atoms with Gasteiger partial charge in [-0.05, 0) is 29.8 Å². The summed E-state index contributed by atoms with van der Waals surface area (Å²) in [6.07, 6.45) is -1.69. The molecular formula is C11H8F3N3. The summed E-state index contributed by atoms with van der Waals surface area (Å²) < 4.78 is 38.3. The summed E-state index contributed by atoms with van der Waals surface area (Å²) in [6, 6.07) is 5.62. The molecule has 6 heteroatoms. The highest BCUT2D eigenvalue weighted by Crippen LogP contribution is 2.35. The number of halogens is 3.